The van der Waals surface area contributed by atoms with Crippen LogP contribution in [0, 0.1) is 5.92 Å². The van der Waals surface area contributed by atoms with Crippen LogP contribution in [0.25, 0.3) is 0 Å². The van der Waals surface area contributed by atoms with Crippen LogP contribution < -0.4 is 16.2 Å². The van der Waals surface area contributed by atoms with Crippen LogP contribution in [0.4, 0.5) is 5.69 Å². The summed E-state index contributed by atoms with van der Waals surface area (Å²) in [4.78, 5) is 10.6. The SMILES string of the molecule is CC1CNNC1CNc1cccc(CCC(=O)O)c1. The normalized spacial score (nSPS) is 22.4. The van der Waals surface area contributed by atoms with Gasteiger partial charge in [0.15, 0.2) is 0 Å². The molecule has 104 valence electrons. The molecule has 1 heterocycles. The molecule has 2 rings (SSSR count). The monoisotopic (exact) mass is 263 g/mol. The molecule has 1 fully saturated rings. The van der Waals surface area contributed by atoms with Crippen molar-refractivity contribution in [2.75, 3.05) is 18.4 Å². The Morgan fingerprint density at radius 3 is 3.05 bits per heavy atom. The molecule has 1 aromatic carbocycles. The molecular formula is C14H21N3O2. The number of carbonyl (C=O) groups is 1. The highest BCUT2D eigenvalue weighted by molar-refractivity contribution is 5.67. The van der Waals surface area contributed by atoms with Crippen molar-refractivity contribution in [1.29, 1.82) is 0 Å². The van der Waals surface area contributed by atoms with E-state index in [1.807, 2.05) is 24.3 Å². The molecule has 0 radical (unpaired) electrons. The molecule has 19 heavy (non-hydrogen) atoms. The highest BCUT2D eigenvalue weighted by Crippen LogP contribution is 2.14. The molecule has 1 aromatic rings. The molecule has 0 bridgehead atoms. The lowest BCUT2D eigenvalue weighted by molar-refractivity contribution is -0.136. The Balaban J connectivity index is 1.86. The van der Waals surface area contributed by atoms with E-state index < -0.39 is 5.97 Å². The summed E-state index contributed by atoms with van der Waals surface area (Å²) in [5.74, 6) is -0.156. The zero-order chi connectivity index (χ0) is 13.7. The first-order valence-corrected chi connectivity index (χ1v) is 6.68. The van der Waals surface area contributed by atoms with Crippen molar-refractivity contribution in [2.24, 2.45) is 5.92 Å². The fourth-order valence-corrected chi connectivity index (χ4v) is 2.20. The molecular weight excluding hydrogens is 242 g/mol. The molecule has 0 saturated carbocycles. The van der Waals surface area contributed by atoms with E-state index >= 15 is 0 Å². The Bertz CT molecular complexity index is 436. The Labute approximate surface area is 113 Å². The third-order valence-corrected chi connectivity index (χ3v) is 3.48. The van der Waals surface area contributed by atoms with E-state index in [4.69, 9.17) is 5.11 Å². The lowest BCUT2D eigenvalue weighted by atomic mass is 10.0. The fraction of sp³-hybridized carbons (Fsp3) is 0.500. The molecule has 0 aromatic heterocycles. The first kappa shape index (κ1) is 13.8. The summed E-state index contributed by atoms with van der Waals surface area (Å²) in [6, 6.07) is 8.38. The van der Waals surface area contributed by atoms with Crippen molar-refractivity contribution in [3.63, 3.8) is 0 Å². The van der Waals surface area contributed by atoms with E-state index in [0.717, 1.165) is 24.3 Å². The summed E-state index contributed by atoms with van der Waals surface area (Å²) in [6.45, 7) is 4.06. The van der Waals surface area contributed by atoms with E-state index in [-0.39, 0.29) is 6.42 Å². The van der Waals surface area contributed by atoms with E-state index in [1.54, 1.807) is 0 Å². The maximum atomic E-state index is 10.6. The second kappa shape index (κ2) is 6.54. The quantitative estimate of drug-likeness (QED) is 0.621. The third-order valence-electron chi connectivity index (χ3n) is 3.48. The number of carboxylic acids is 1. The van der Waals surface area contributed by atoms with E-state index in [1.165, 1.54) is 0 Å². The zero-order valence-corrected chi connectivity index (χ0v) is 11.1. The van der Waals surface area contributed by atoms with Crippen molar-refractivity contribution in [2.45, 2.75) is 25.8 Å². The first-order valence-electron chi connectivity index (χ1n) is 6.68. The van der Waals surface area contributed by atoms with Crippen LogP contribution in [0.5, 0.6) is 0 Å². The number of hydrazine groups is 1. The van der Waals surface area contributed by atoms with Crippen LogP contribution in [-0.2, 0) is 11.2 Å². The summed E-state index contributed by atoms with van der Waals surface area (Å²) in [5.41, 5.74) is 8.49. The van der Waals surface area contributed by atoms with Gasteiger partial charge in [-0.1, -0.05) is 19.1 Å². The van der Waals surface area contributed by atoms with Crippen LogP contribution in [-0.4, -0.2) is 30.2 Å². The topological polar surface area (TPSA) is 73.4 Å². The molecule has 2 unspecified atom stereocenters. The Morgan fingerprint density at radius 2 is 2.37 bits per heavy atom. The van der Waals surface area contributed by atoms with Gasteiger partial charge in [-0.3, -0.25) is 15.6 Å². The molecule has 0 spiro atoms. The van der Waals surface area contributed by atoms with Gasteiger partial charge in [0.1, 0.15) is 0 Å². The maximum Gasteiger partial charge on any atom is 0.303 e. The number of hydrogen-bond donors (Lipinski definition) is 4. The number of aryl methyl sites for hydroxylation is 1. The van der Waals surface area contributed by atoms with Gasteiger partial charge in [0, 0.05) is 31.2 Å². The predicted molar refractivity (Wildman–Crippen MR) is 75.0 cm³/mol. The van der Waals surface area contributed by atoms with Gasteiger partial charge in [-0.15, -0.1) is 0 Å². The van der Waals surface area contributed by atoms with Crippen molar-refractivity contribution >= 4 is 11.7 Å². The van der Waals surface area contributed by atoms with Gasteiger partial charge in [0.2, 0.25) is 0 Å². The summed E-state index contributed by atoms with van der Waals surface area (Å²) in [7, 11) is 0. The van der Waals surface area contributed by atoms with Crippen molar-refractivity contribution < 1.29 is 9.90 Å². The molecule has 5 nitrogen and oxygen atoms in total. The van der Waals surface area contributed by atoms with Crippen LogP contribution in [0.15, 0.2) is 24.3 Å². The van der Waals surface area contributed by atoms with Crippen molar-refractivity contribution in [3.05, 3.63) is 29.8 Å². The molecule has 1 saturated heterocycles. The number of anilines is 1. The number of nitrogens with one attached hydrogen (secondary N) is 3. The van der Waals surface area contributed by atoms with Crippen LogP contribution in [0.2, 0.25) is 0 Å². The molecule has 0 aliphatic carbocycles. The second-order valence-electron chi connectivity index (χ2n) is 5.08. The summed E-state index contributed by atoms with van der Waals surface area (Å²) >= 11 is 0. The van der Waals surface area contributed by atoms with Gasteiger partial charge < -0.3 is 10.4 Å². The minimum Gasteiger partial charge on any atom is -0.481 e. The molecule has 4 N–H and O–H groups in total. The van der Waals surface area contributed by atoms with Gasteiger partial charge in [0.05, 0.1) is 0 Å². The number of rotatable bonds is 6. The number of benzene rings is 1. The summed E-state index contributed by atoms with van der Waals surface area (Å²) < 4.78 is 0. The van der Waals surface area contributed by atoms with Gasteiger partial charge in [0.25, 0.3) is 0 Å². The van der Waals surface area contributed by atoms with Crippen LogP contribution >= 0.6 is 0 Å². The maximum absolute atomic E-state index is 10.6. The Morgan fingerprint density at radius 1 is 1.53 bits per heavy atom. The highest BCUT2D eigenvalue weighted by Gasteiger charge is 2.21. The highest BCUT2D eigenvalue weighted by atomic mass is 16.4. The molecule has 2 atom stereocenters. The first-order chi connectivity index (χ1) is 9.15. The average molecular weight is 263 g/mol. The van der Waals surface area contributed by atoms with Gasteiger partial charge >= 0.3 is 5.97 Å². The molecule has 0 amide bonds. The number of aliphatic carboxylic acids is 1. The lowest BCUT2D eigenvalue weighted by Crippen LogP contribution is -2.36. The zero-order valence-electron chi connectivity index (χ0n) is 11.1. The van der Waals surface area contributed by atoms with E-state index in [0.29, 0.717) is 18.4 Å². The molecule has 1 aliphatic rings. The fourth-order valence-electron chi connectivity index (χ4n) is 2.20. The summed E-state index contributed by atoms with van der Waals surface area (Å²) in [5, 5.41) is 12.1. The van der Waals surface area contributed by atoms with Gasteiger partial charge in [-0.05, 0) is 30.0 Å². The van der Waals surface area contributed by atoms with E-state index in [2.05, 4.69) is 23.1 Å². The Hall–Kier alpha value is -1.59. The Kier molecular flexibility index (Phi) is 4.76. The third kappa shape index (κ3) is 4.22. The van der Waals surface area contributed by atoms with Crippen LogP contribution in [0.1, 0.15) is 18.9 Å². The van der Waals surface area contributed by atoms with Crippen molar-refractivity contribution in [1.82, 2.24) is 10.9 Å². The predicted octanol–water partition coefficient (Wildman–Crippen LogP) is 1.23. The average Bonchev–Trinajstić information content (AvgIpc) is 2.80. The minimum atomic E-state index is -0.756. The van der Waals surface area contributed by atoms with Gasteiger partial charge in [-0.2, -0.15) is 0 Å². The lowest BCUT2D eigenvalue weighted by Gasteiger charge is -2.16. The largest absolute Gasteiger partial charge is 0.481 e. The molecule has 5 heteroatoms. The van der Waals surface area contributed by atoms with Crippen molar-refractivity contribution in [3.8, 4) is 0 Å². The molecule has 1 aliphatic heterocycles. The number of carboxylic acid groups (broad SMARTS) is 1. The smallest absolute Gasteiger partial charge is 0.303 e. The summed E-state index contributed by atoms with van der Waals surface area (Å²) in [6.07, 6.45) is 0.749. The van der Waals surface area contributed by atoms with E-state index in [9.17, 15) is 4.79 Å². The standard InChI is InChI=1S/C14H21N3O2/c1-10-8-16-17-13(10)9-15-12-4-2-3-11(7-12)5-6-14(18)19/h2-4,7,10,13,15-17H,5-6,8-9H2,1H3,(H,18,19). The second-order valence-corrected chi connectivity index (χ2v) is 5.08. The minimum absolute atomic E-state index is 0.175. The van der Waals surface area contributed by atoms with Crippen LogP contribution in [0.3, 0.4) is 0 Å². The van der Waals surface area contributed by atoms with Gasteiger partial charge in [-0.25, -0.2) is 0 Å². The number of hydrogen-bond acceptors (Lipinski definition) is 4.